The van der Waals surface area contributed by atoms with Crippen LogP contribution in [0.1, 0.15) is 45.7 Å². The van der Waals surface area contributed by atoms with Crippen LogP contribution in [0.25, 0.3) is 16.9 Å². The maximum atomic E-state index is 13.4. The Labute approximate surface area is 188 Å². The molecule has 1 atom stereocenters. The third kappa shape index (κ3) is 3.59. The second-order valence-corrected chi connectivity index (χ2v) is 7.90. The van der Waals surface area contributed by atoms with Gasteiger partial charge in [0, 0.05) is 11.1 Å². The van der Waals surface area contributed by atoms with Gasteiger partial charge < -0.3 is 5.32 Å². The number of nitrogens with zero attached hydrogens (tertiary/aromatic N) is 2. The number of hydrogen-bond donors (Lipinski definition) is 1. The molecule has 1 N–H and O–H groups in total. The van der Waals surface area contributed by atoms with Crippen LogP contribution in [0.5, 0.6) is 0 Å². The first-order valence-electron chi connectivity index (χ1n) is 10.6. The van der Waals surface area contributed by atoms with E-state index in [4.69, 9.17) is 0 Å². The van der Waals surface area contributed by atoms with E-state index in [9.17, 15) is 18.0 Å². The Morgan fingerprint density at radius 3 is 2.42 bits per heavy atom. The molecule has 5 rings (SSSR count). The van der Waals surface area contributed by atoms with Crippen LogP contribution in [0.2, 0.25) is 0 Å². The summed E-state index contributed by atoms with van der Waals surface area (Å²) in [6.07, 6.45) is -3.72. The van der Waals surface area contributed by atoms with Crippen molar-refractivity contribution in [3.8, 4) is 16.9 Å². The minimum absolute atomic E-state index is 0.224. The molecule has 1 aromatic heterocycles. The average Bonchev–Trinajstić information content (AvgIpc) is 3.37. The first-order valence-corrected chi connectivity index (χ1v) is 10.6. The van der Waals surface area contributed by atoms with Crippen LogP contribution in [0.3, 0.4) is 0 Å². The van der Waals surface area contributed by atoms with Crippen LogP contribution < -0.4 is 5.32 Å². The molecule has 4 aromatic rings. The Morgan fingerprint density at radius 2 is 1.70 bits per heavy atom. The number of rotatable bonds is 4. The summed E-state index contributed by atoms with van der Waals surface area (Å²) in [5, 5.41) is 7.49. The highest BCUT2D eigenvalue weighted by atomic mass is 19.4. The van der Waals surface area contributed by atoms with Crippen LogP contribution in [0.4, 0.5) is 13.2 Å². The fourth-order valence-electron chi connectivity index (χ4n) is 4.35. The number of aromatic nitrogens is 2. The fraction of sp³-hybridized carbons (Fsp3) is 0.154. The molecule has 33 heavy (non-hydrogen) atoms. The maximum absolute atomic E-state index is 13.4. The second kappa shape index (κ2) is 7.92. The summed E-state index contributed by atoms with van der Waals surface area (Å²) < 4.78 is 41.9. The van der Waals surface area contributed by atoms with E-state index < -0.39 is 23.7 Å². The molecule has 1 unspecified atom stereocenters. The van der Waals surface area contributed by atoms with E-state index in [2.05, 4.69) is 10.4 Å². The summed E-state index contributed by atoms with van der Waals surface area (Å²) in [4.78, 5) is 12.9. The Kier molecular flexibility index (Phi) is 5.04. The van der Waals surface area contributed by atoms with Crippen molar-refractivity contribution in [3.05, 3.63) is 107 Å². The minimum atomic E-state index is -4.48. The molecule has 4 nitrogen and oxygen atoms in total. The molecule has 0 spiro atoms. The number of aryl methyl sites for hydroxylation is 1. The first-order chi connectivity index (χ1) is 15.9. The predicted octanol–water partition coefficient (Wildman–Crippen LogP) is 5.95. The van der Waals surface area contributed by atoms with Gasteiger partial charge in [0.25, 0.3) is 5.91 Å². The Balaban J connectivity index is 1.77. The molecule has 0 radical (unpaired) electrons. The number of para-hydroxylation sites is 1. The summed E-state index contributed by atoms with van der Waals surface area (Å²) >= 11 is 0. The number of amides is 1. The van der Waals surface area contributed by atoms with Gasteiger partial charge in [-0.25, -0.2) is 4.68 Å². The Hall–Kier alpha value is -3.87. The minimum Gasteiger partial charge on any atom is -0.340 e. The summed E-state index contributed by atoms with van der Waals surface area (Å²) in [7, 11) is 0. The summed E-state index contributed by atoms with van der Waals surface area (Å²) in [6.45, 7) is 2.04. The van der Waals surface area contributed by atoms with E-state index >= 15 is 0 Å². The molecule has 1 amide bonds. The van der Waals surface area contributed by atoms with E-state index in [1.54, 1.807) is 10.7 Å². The largest absolute Gasteiger partial charge is 0.416 e. The predicted molar refractivity (Wildman–Crippen MR) is 119 cm³/mol. The van der Waals surface area contributed by atoms with E-state index in [1.807, 2.05) is 61.5 Å². The number of hydrogen-bond acceptors (Lipinski definition) is 2. The number of benzene rings is 3. The smallest absolute Gasteiger partial charge is 0.340 e. The molecule has 7 heteroatoms. The highest BCUT2D eigenvalue weighted by Gasteiger charge is 2.39. The lowest BCUT2D eigenvalue weighted by molar-refractivity contribution is -0.137. The number of carbonyl (C=O) groups excluding carboxylic acids is 1. The SMILES string of the molecule is CCc1ccccc1-n1nc2c(c1-c1ccccc1)C(c1cccc(C(F)(F)F)c1)NC2=O. The lowest BCUT2D eigenvalue weighted by Gasteiger charge is -2.18. The monoisotopic (exact) mass is 447 g/mol. The van der Waals surface area contributed by atoms with Crippen molar-refractivity contribution in [2.45, 2.75) is 25.6 Å². The summed E-state index contributed by atoms with van der Waals surface area (Å²) in [5.74, 6) is -0.405. The molecule has 1 aliphatic rings. The number of alkyl halides is 3. The van der Waals surface area contributed by atoms with E-state index in [1.165, 1.54) is 6.07 Å². The zero-order valence-corrected chi connectivity index (χ0v) is 17.7. The average molecular weight is 447 g/mol. The fourth-order valence-corrected chi connectivity index (χ4v) is 4.35. The number of nitrogens with one attached hydrogen (secondary N) is 1. The first kappa shape index (κ1) is 21.0. The molecular weight excluding hydrogens is 427 g/mol. The topological polar surface area (TPSA) is 46.9 Å². The molecule has 2 heterocycles. The molecule has 166 valence electrons. The number of halogens is 3. The molecule has 0 bridgehead atoms. The van der Waals surface area contributed by atoms with Gasteiger partial charge in [-0.1, -0.05) is 67.6 Å². The van der Waals surface area contributed by atoms with Crippen molar-refractivity contribution in [2.24, 2.45) is 0 Å². The lowest BCUT2D eigenvalue weighted by atomic mass is 9.95. The van der Waals surface area contributed by atoms with E-state index in [-0.39, 0.29) is 5.69 Å². The highest BCUT2D eigenvalue weighted by molar-refractivity contribution is 6.00. The lowest BCUT2D eigenvalue weighted by Crippen LogP contribution is -2.22. The molecule has 0 aliphatic carbocycles. The third-order valence-electron chi connectivity index (χ3n) is 5.90. The maximum Gasteiger partial charge on any atom is 0.416 e. The van der Waals surface area contributed by atoms with E-state index in [0.717, 1.165) is 35.4 Å². The quantitative estimate of drug-likeness (QED) is 0.420. The number of fused-ring (bicyclic) bond motifs is 1. The van der Waals surface area contributed by atoms with Crippen molar-refractivity contribution in [3.63, 3.8) is 0 Å². The van der Waals surface area contributed by atoms with Gasteiger partial charge in [-0.3, -0.25) is 4.79 Å². The van der Waals surface area contributed by atoms with Gasteiger partial charge in [-0.2, -0.15) is 18.3 Å². The molecule has 1 aliphatic heterocycles. The third-order valence-corrected chi connectivity index (χ3v) is 5.90. The normalized spacial score (nSPS) is 15.4. The second-order valence-electron chi connectivity index (χ2n) is 7.90. The zero-order chi connectivity index (χ0) is 23.2. The summed E-state index contributed by atoms with van der Waals surface area (Å²) in [6, 6.07) is 21.6. The van der Waals surface area contributed by atoms with Crippen LogP contribution >= 0.6 is 0 Å². The van der Waals surface area contributed by atoms with E-state index in [0.29, 0.717) is 16.8 Å². The van der Waals surface area contributed by atoms with Crippen LogP contribution in [0.15, 0.2) is 78.9 Å². The van der Waals surface area contributed by atoms with Crippen molar-refractivity contribution < 1.29 is 18.0 Å². The van der Waals surface area contributed by atoms with Crippen molar-refractivity contribution in [1.29, 1.82) is 0 Å². The molecule has 3 aromatic carbocycles. The standard InChI is InChI=1S/C26H20F3N3O/c1-2-16-9-6-7-14-20(16)32-24(17-10-4-3-5-11-17)21-22(30-25(33)23(21)31-32)18-12-8-13-19(15-18)26(27,28)29/h3-15,22H,2H2,1H3,(H,30,33). The molecule has 0 saturated carbocycles. The summed E-state index contributed by atoms with van der Waals surface area (Å²) in [5.41, 5.74) is 3.80. The van der Waals surface area contributed by atoms with Crippen LogP contribution in [0, 0.1) is 0 Å². The van der Waals surface area contributed by atoms with Gasteiger partial charge >= 0.3 is 6.18 Å². The molecule has 0 fully saturated rings. The highest BCUT2D eigenvalue weighted by Crippen LogP contribution is 2.41. The van der Waals surface area contributed by atoms with Gasteiger partial charge in [0.2, 0.25) is 0 Å². The van der Waals surface area contributed by atoms with Crippen molar-refractivity contribution in [2.75, 3.05) is 0 Å². The molecule has 0 saturated heterocycles. The van der Waals surface area contributed by atoms with Gasteiger partial charge in [0.15, 0.2) is 5.69 Å². The van der Waals surface area contributed by atoms with Gasteiger partial charge in [-0.15, -0.1) is 0 Å². The van der Waals surface area contributed by atoms with Gasteiger partial charge in [0.1, 0.15) is 0 Å². The zero-order valence-electron chi connectivity index (χ0n) is 17.7. The van der Waals surface area contributed by atoms with Gasteiger partial charge in [-0.05, 0) is 35.7 Å². The van der Waals surface area contributed by atoms with Crippen molar-refractivity contribution in [1.82, 2.24) is 15.1 Å². The number of carbonyl (C=O) groups is 1. The van der Waals surface area contributed by atoms with Gasteiger partial charge in [0.05, 0.1) is 23.0 Å². The van der Waals surface area contributed by atoms with Crippen LogP contribution in [-0.4, -0.2) is 15.7 Å². The van der Waals surface area contributed by atoms with Crippen LogP contribution in [-0.2, 0) is 12.6 Å². The Bertz CT molecular complexity index is 1340. The molecular formula is C26H20F3N3O. The van der Waals surface area contributed by atoms with Crippen molar-refractivity contribution >= 4 is 5.91 Å². The Morgan fingerprint density at radius 1 is 0.970 bits per heavy atom.